The molecule has 0 aliphatic heterocycles. The van der Waals surface area contributed by atoms with E-state index in [4.69, 9.17) is 0 Å². The fourth-order valence-electron chi connectivity index (χ4n) is 1.31. The number of hydrogen-bond donors (Lipinski definition) is 2. The van der Waals surface area contributed by atoms with Gasteiger partial charge in [-0.05, 0) is 26.1 Å². The van der Waals surface area contributed by atoms with Crippen LogP contribution in [0.2, 0.25) is 0 Å². The van der Waals surface area contributed by atoms with Gasteiger partial charge in [0.1, 0.15) is 0 Å². The molecule has 0 heterocycles. The SMILES string of the molecule is CCNc1ccc(S(=O)(=O)NC)c([N+](=O)[O-])c1. The van der Waals surface area contributed by atoms with Crippen molar-refractivity contribution in [1.82, 2.24) is 4.72 Å². The largest absolute Gasteiger partial charge is 0.385 e. The van der Waals surface area contributed by atoms with Crippen LogP contribution >= 0.6 is 0 Å². The predicted molar refractivity (Wildman–Crippen MR) is 63.5 cm³/mol. The second-order valence-electron chi connectivity index (χ2n) is 3.18. The van der Waals surface area contributed by atoms with Crippen LogP contribution in [-0.2, 0) is 10.0 Å². The van der Waals surface area contributed by atoms with Crippen molar-refractivity contribution in [1.29, 1.82) is 0 Å². The van der Waals surface area contributed by atoms with Crippen LogP contribution in [0.3, 0.4) is 0 Å². The maximum Gasteiger partial charge on any atom is 0.291 e. The fraction of sp³-hybridized carbons (Fsp3) is 0.333. The zero-order chi connectivity index (χ0) is 13.1. The number of nitrogens with zero attached hydrogens (tertiary/aromatic N) is 1. The van der Waals surface area contributed by atoms with E-state index < -0.39 is 20.6 Å². The van der Waals surface area contributed by atoms with E-state index in [1.54, 1.807) is 0 Å². The van der Waals surface area contributed by atoms with Crippen LogP contribution in [0.5, 0.6) is 0 Å². The molecule has 2 N–H and O–H groups in total. The summed E-state index contributed by atoms with van der Waals surface area (Å²) < 4.78 is 25.2. The lowest BCUT2D eigenvalue weighted by Gasteiger charge is -2.07. The zero-order valence-corrected chi connectivity index (χ0v) is 10.2. The van der Waals surface area contributed by atoms with Gasteiger partial charge in [-0.25, -0.2) is 13.1 Å². The Kier molecular flexibility index (Phi) is 4.02. The second-order valence-corrected chi connectivity index (χ2v) is 5.03. The first-order chi connectivity index (χ1) is 7.92. The molecule has 0 aromatic heterocycles. The summed E-state index contributed by atoms with van der Waals surface area (Å²) in [5.74, 6) is 0. The van der Waals surface area contributed by atoms with Gasteiger partial charge in [-0.3, -0.25) is 10.1 Å². The Hall–Kier alpha value is -1.67. The topological polar surface area (TPSA) is 101 Å². The van der Waals surface area contributed by atoms with Crippen molar-refractivity contribution in [3.63, 3.8) is 0 Å². The molecular formula is C9H13N3O4S. The molecule has 0 fully saturated rings. The third kappa shape index (κ3) is 2.92. The quantitative estimate of drug-likeness (QED) is 0.605. The van der Waals surface area contributed by atoms with Gasteiger partial charge < -0.3 is 5.32 Å². The first-order valence-electron chi connectivity index (χ1n) is 4.88. The molecule has 7 nitrogen and oxygen atoms in total. The highest BCUT2D eigenvalue weighted by atomic mass is 32.2. The van der Waals surface area contributed by atoms with E-state index in [1.807, 2.05) is 6.92 Å². The molecule has 0 unspecified atom stereocenters. The van der Waals surface area contributed by atoms with Gasteiger partial charge in [-0.15, -0.1) is 0 Å². The predicted octanol–water partition coefficient (Wildman–Crippen LogP) is 0.935. The third-order valence-electron chi connectivity index (χ3n) is 2.09. The number of rotatable bonds is 5. The van der Waals surface area contributed by atoms with E-state index >= 15 is 0 Å². The minimum atomic E-state index is -3.83. The van der Waals surface area contributed by atoms with Gasteiger partial charge in [0.2, 0.25) is 10.0 Å². The number of anilines is 1. The lowest BCUT2D eigenvalue weighted by atomic mass is 10.3. The number of nitro benzene ring substituents is 1. The molecule has 0 atom stereocenters. The molecule has 0 radical (unpaired) electrons. The number of sulfonamides is 1. The van der Waals surface area contributed by atoms with E-state index in [0.29, 0.717) is 12.2 Å². The Bertz CT molecular complexity index is 527. The average Bonchev–Trinajstić information content (AvgIpc) is 2.29. The van der Waals surface area contributed by atoms with Crippen molar-refractivity contribution in [2.24, 2.45) is 0 Å². The van der Waals surface area contributed by atoms with Gasteiger partial charge in [-0.1, -0.05) is 0 Å². The lowest BCUT2D eigenvalue weighted by molar-refractivity contribution is -0.387. The average molecular weight is 259 g/mol. The molecule has 1 aromatic rings. The molecule has 1 aromatic carbocycles. The van der Waals surface area contributed by atoms with E-state index in [2.05, 4.69) is 10.0 Å². The molecule has 0 saturated carbocycles. The summed E-state index contributed by atoms with van der Waals surface area (Å²) in [6.45, 7) is 2.43. The van der Waals surface area contributed by atoms with E-state index in [1.165, 1.54) is 25.2 Å². The Morgan fingerprint density at radius 2 is 2.06 bits per heavy atom. The van der Waals surface area contributed by atoms with Crippen molar-refractivity contribution in [3.05, 3.63) is 28.3 Å². The molecule has 0 aliphatic rings. The number of hydrogen-bond acceptors (Lipinski definition) is 5. The van der Waals surface area contributed by atoms with Crippen molar-refractivity contribution >= 4 is 21.4 Å². The normalized spacial score (nSPS) is 11.2. The lowest BCUT2D eigenvalue weighted by Crippen LogP contribution is -2.19. The molecule has 0 bridgehead atoms. The summed E-state index contributed by atoms with van der Waals surface area (Å²) in [7, 11) is -2.62. The fourth-order valence-corrected chi connectivity index (χ4v) is 2.19. The van der Waals surface area contributed by atoms with Crippen LogP contribution < -0.4 is 10.0 Å². The summed E-state index contributed by atoms with van der Waals surface area (Å²) in [6.07, 6.45) is 0. The Morgan fingerprint density at radius 3 is 2.53 bits per heavy atom. The standard InChI is InChI=1S/C9H13N3O4S/c1-3-11-7-4-5-9(17(15,16)10-2)8(6-7)12(13)14/h4-6,10-11H,3H2,1-2H3. The number of nitro groups is 1. The molecule has 8 heteroatoms. The molecule has 1 rings (SSSR count). The Morgan fingerprint density at radius 1 is 1.41 bits per heavy atom. The van der Waals surface area contributed by atoms with E-state index in [9.17, 15) is 18.5 Å². The summed E-state index contributed by atoms with van der Waals surface area (Å²) in [6, 6.07) is 3.90. The van der Waals surface area contributed by atoms with Crippen LogP contribution in [-0.4, -0.2) is 26.9 Å². The van der Waals surface area contributed by atoms with Crippen LogP contribution in [0.1, 0.15) is 6.92 Å². The molecule has 0 aliphatic carbocycles. The maximum absolute atomic E-state index is 11.6. The highest BCUT2D eigenvalue weighted by Crippen LogP contribution is 2.26. The van der Waals surface area contributed by atoms with Crippen molar-refractivity contribution in [3.8, 4) is 0 Å². The molecule has 0 saturated heterocycles. The van der Waals surface area contributed by atoms with Crippen molar-refractivity contribution < 1.29 is 13.3 Å². The minimum Gasteiger partial charge on any atom is -0.385 e. The molecule has 0 spiro atoms. The van der Waals surface area contributed by atoms with E-state index in [-0.39, 0.29) is 4.90 Å². The summed E-state index contributed by atoms with van der Waals surface area (Å²) in [5.41, 5.74) is 0.0621. The monoisotopic (exact) mass is 259 g/mol. The summed E-state index contributed by atoms with van der Waals surface area (Å²) in [5, 5.41) is 13.7. The zero-order valence-electron chi connectivity index (χ0n) is 9.43. The Labute approximate surface area is 99.0 Å². The molecular weight excluding hydrogens is 246 g/mol. The van der Waals surface area contributed by atoms with Crippen LogP contribution in [0, 0.1) is 10.1 Å². The maximum atomic E-state index is 11.6. The van der Waals surface area contributed by atoms with Gasteiger partial charge in [0.25, 0.3) is 5.69 Å². The van der Waals surface area contributed by atoms with Gasteiger partial charge in [-0.2, -0.15) is 0 Å². The highest BCUT2D eigenvalue weighted by Gasteiger charge is 2.24. The first kappa shape index (κ1) is 13.4. The van der Waals surface area contributed by atoms with Gasteiger partial charge in [0.15, 0.2) is 4.90 Å². The van der Waals surface area contributed by atoms with Crippen molar-refractivity contribution in [2.75, 3.05) is 18.9 Å². The van der Waals surface area contributed by atoms with Gasteiger partial charge in [0, 0.05) is 18.3 Å². The first-order valence-corrected chi connectivity index (χ1v) is 6.36. The van der Waals surface area contributed by atoms with Crippen LogP contribution in [0.25, 0.3) is 0 Å². The van der Waals surface area contributed by atoms with Crippen molar-refractivity contribution in [2.45, 2.75) is 11.8 Å². The second kappa shape index (κ2) is 5.11. The smallest absolute Gasteiger partial charge is 0.291 e. The number of benzene rings is 1. The summed E-state index contributed by atoms with van der Waals surface area (Å²) >= 11 is 0. The highest BCUT2D eigenvalue weighted by molar-refractivity contribution is 7.89. The molecule has 94 valence electrons. The number of nitrogens with one attached hydrogen (secondary N) is 2. The van der Waals surface area contributed by atoms with Gasteiger partial charge in [0.05, 0.1) is 4.92 Å². The van der Waals surface area contributed by atoms with E-state index in [0.717, 1.165) is 0 Å². The third-order valence-corrected chi connectivity index (χ3v) is 3.56. The van der Waals surface area contributed by atoms with Crippen LogP contribution in [0.4, 0.5) is 11.4 Å². The van der Waals surface area contributed by atoms with Crippen LogP contribution in [0.15, 0.2) is 23.1 Å². The summed E-state index contributed by atoms with van der Waals surface area (Å²) in [4.78, 5) is 9.77. The molecule has 17 heavy (non-hydrogen) atoms. The van der Waals surface area contributed by atoms with Gasteiger partial charge >= 0.3 is 0 Å². The molecule has 0 amide bonds. The minimum absolute atomic E-state index is 0.341. The Balaban J connectivity index is 3.37.